The van der Waals surface area contributed by atoms with Crippen LogP contribution in [0.3, 0.4) is 0 Å². The van der Waals surface area contributed by atoms with Crippen LogP contribution in [-0.4, -0.2) is 12.0 Å². The van der Waals surface area contributed by atoms with Crippen molar-refractivity contribution in [1.29, 1.82) is 0 Å². The summed E-state index contributed by atoms with van der Waals surface area (Å²) in [7, 11) is 0. The van der Waals surface area contributed by atoms with Crippen LogP contribution in [0.15, 0.2) is 0 Å². The van der Waals surface area contributed by atoms with Crippen molar-refractivity contribution in [1.82, 2.24) is 0 Å². The molecule has 0 aliphatic carbocycles. The van der Waals surface area contributed by atoms with Gasteiger partial charge in [0.15, 0.2) is 0 Å². The predicted octanol–water partition coefficient (Wildman–Crippen LogP) is 3.97. The van der Waals surface area contributed by atoms with Gasteiger partial charge < -0.3 is 0 Å². The summed E-state index contributed by atoms with van der Waals surface area (Å²) in [6.07, 6.45) is -3.27. The maximum atomic E-state index is 12.7. The van der Waals surface area contributed by atoms with Crippen LogP contribution in [-0.2, 0) is 4.79 Å². The van der Waals surface area contributed by atoms with Crippen molar-refractivity contribution in [3.05, 3.63) is 0 Å². The molecular weight excluding hydrogens is 205 g/mol. The average Bonchev–Trinajstić information content (AvgIpc) is 2.11. The summed E-state index contributed by atoms with van der Waals surface area (Å²) >= 11 is 0. The van der Waals surface area contributed by atoms with Gasteiger partial charge in [0.25, 0.3) is 0 Å². The van der Waals surface area contributed by atoms with Gasteiger partial charge in [-0.25, -0.2) is 0 Å². The molecule has 0 aliphatic rings. The first-order valence-electron chi connectivity index (χ1n) is 5.23. The molecule has 0 aliphatic heterocycles. The molecule has 90 valence electrons. The molecule has 0 N–H and O–H groups in total. The fourth-order valence-corrected chi connectivity index (χ4v) is 1.26. The standard InChI is InChI=1S/C11H19F3O/c1-5-8(2)6-7-10(4,9(3)15)11(12,13)14/h8H,5-7H2,1-4H3. The Hall–Kier alpha value is -0.540. The Morgan fingerprint density at radius 3 is 2.07 bits per heavy atom. The van der Waals surface area contributed by atoms with E-state index in [2.05, 4.69) is 0 Å². The van der Waals surface area contributed by atoms with Crippen LogP contribution in [0.4, 0.5) is 13.2 Å². The van der Waals surface area contributed by atoms with Gasteiger partial charge in [0, 0.05) is 0 Å². The lowest BCUT2D eigenvalue weighted by molar-refractivity contribution is -0.217. The molecule has 0 radical (unpaired) electrons. The molecule has 0 spiro atoms. The Labute approximate surface area is 89.0 Å². The summed E-state index contributed by atoms with van der Waals surface area (Å²) in [6, 6.07) is 0. The van der Waals surface area contributed by atoms with Gasteiger partial charge in [-0.2, -0.15) is 13.2 Å². The molecule has 2 unspecified atom stereocenters. The minimum absolute atomic E-state index is 0.110. The van der Waals surface area contributed by atoms with Crippen LogP contribution in [0.1, 0.15) is 47.0 Å². The number of ketones is 1. The van der Waals surface area contributed by atoms with E-state index in [1.165, 1.54) is 0 Å². The predicted molar refractivity (Wildman–Crippen MR) is 53.5 cm³/mol. The van der Waals surface area contributed by atoms with Gasteiger partial charge in [0.2, 0.25) is 0 Å². The molecule has 1 nitrogen and oxygen atoms in total. The Morgan fingerprint density at radius 2 is 1.80 bits per heavy atom. The molecule has 0 rings (SSSR count). The van der Waals surface area contributed by atoms with Crippen molar-refractivity contribution >= 4 is 5.78 Å². The number of carbonyl (C=O) groups excluding carboxylic acids is 1. The number of Topliss-reactive ketones (excluding diaryl/α,β-unsaturated/α-hetero) is 1. The lowest BCUT2D eigenvalue weighted by Crippen LogP contribution is -2.41. The van der Waals surface area contributed by atoms with Crippen LogP contribution in [0.25, 0.3) is 0 Å². The lowest BCUT2D eigenvalue weighted by atomic mass is 9.79. The van der Waals surface area contributed by atoms with Crippen molar-refractivity contribution in [2.75, 3.05) is 0 Å². The zero-order valence-corrected chi connectivity index (χ0v) is 9.74. The molecule has 0 saturated carbocycles. The van der Waals surface area contributed by atoms with Crippen molar-refractivity contribution in [2.24, 2.45) is 11.3 Å². The maximum absolute atomic E-state index is 12.7. The van der Waals surface area contributed by atoms with Crippen LogP contribution < -0.4 is 0 Å². The first-order chi connectivity index (χ1) is 6.65. The largest absolute Gasteiger partial charge is 0.401 e. The van der Waals surface area contributed by atoms with E-state index in [9.17, 15) is 18.0 Å². The van der Waals surface area contributed by atoms with E-state index < -0.39 is 17.4 Å². The van der Waals surface area contributed by atoms with Crippen molar-refractivity contribution in [2.45, 2.75) is 53.1 Å². The van der Waals surface area contributed by atoms with Crippen molar-refractivity contribution in [3.63, 3.8) is 0 Å². The van der Waals surface area contributed by atoms with Gasteiger partial charge in [-0.15, -0.1) is 0 Å². The zero-order chi connectivity index (χ0) is 12.3. The van der Waals surface area contributed by atoms with Crippen molar-refractivity contribution < 1.29 is 18.0 Å². The molecule has 4 heteroatoms. The summed E-state index contributed by atoms with van der Waals surface area (Å²) in [5.74, 6) is -0.565. The highest BCUT2D eigenvalue weighted by Gasteiger charge is 2.53. The monoisotopic (exact) mass is 224 g/mol. The number of alkyl halides is 3. The summed E-state index contributed by atoms with van der Waals surface area (Å²) < 4.78 is 38.1. The first-order valence-corrected chi connectivity index (χ1v) is 5.23. The van der Waals surface area contributed by atoms with Crippen LogP contribution in [0.2, 0.25) is 0 Å². The molecule has 0 aromatic rings. The van der Waals surface area contributed by atoms with Crippen LogP contribution in [0.5, 0.6) is 0 Å². The summed E-state index contributed by atoms with van der Waals surface area (Å²) in [5.41, 5.74) is -2.17. The molecule has 0 bridgehead atoms. The Balaban J connectivity index is 4.62. The minimum Gasteiger partial charge on any atom is -0.299 e. The molecule has 15 heavy (non-hydrogen) atoms. The average molecular weight is 224 g/mol. The summed E-state index contributed by atoms with van der Waals surface area (Å²) in [5, 5.41) is 0. The third-order valence-corrected chi connectivity index (χ3v) is 3.24. The van der Waals surface area contributed by atoms with Gasteiger partial charge in [-0.05, 0) is 32.6 Å². The van der Waals surface area contributed by atoms with E-state index in [0.29, 0.717) is 6.42 Å². The molecule has 0 fully saturated rings. The van der Waals surface area contributed by atoms with Gasteiger partial charge in [0.1, 0.15) is 11.2 Å². The fraction of sp³-hybridized carbons (Fsp3) is 0.909. The lowest BCUT2D eigenvalue weighted by Gasteiger charge is -2.30. The third-order valence-electron chi connectivity index (χ3n) is 3.24. The Kier molecular flexibility index (Phi) is 4.81. The van der Waals surface area contributed by atoms with Gasteiger partial charge in [-0.3, -0.25) is 4.79 Å². The highest BCUT2D eigenvalue weighted by atomic mass is 19.4. The quantitative estimate of drug-likeness (QED) is 0.690. The highest BCUT2D eigenvalue weighted by Crippen LogP contribution is 2.43. The smallest absolute Gasteiger partial charge is 0.299 e. The Bertz CT molecular complexity index is 222. The van der Waals surface area contributed by atoms with Gasteiger partial charge in [0.05, 0.1) is 0 Å². The van der Waals surface area contributed by atoms with E-state index in [4.69, 9.17) is 0 Å². The normalized spacial score (nSPS) is 18.3. The molecule has 0 saturated heterocycles. The Morgan fingerprint density at radius 1 is 1.33 bits per heavy atom. The SMILES string of the molecule is CCC(C)CCC(C)(C(C)=O)C(F)(F)F. The molecule has 0 aromatic carbocycles. The molecule has 0 heterocycles. The highest BCUT2D eigenvalue weighted by molar-refractivity contribution is 5.82. The molecule has 0 aromatic heterocycles. The van der Waals surface area contributed by atoms with Crippen molar-refractivity contribution in [3.8, 4) is 0 Å². The number of rotatable bonds is 5. The second kappa shape index (κ2) is 4.99. The van der Waals surface area contributed by atoms with E-state index >= 15 is 0 Å². The number of halogens is 3. The van der Waals surface area contributed by atoms with E-state index in [0.717, 1.165) is 20.3 Å². The van der Waals surface area contributed by atoms with E-state index in [1.807, 2.05) is 13.8 Å². The summed E-state index contributed by atoms with van der Waals surface area (Å²) in [4.78, 5) is 11.1. The molecule has 0 amide bonds. The first kappa shape index (κ1) is 14.5. The van der Waals surface area contributed by atoms with E-state index in [-0.39, 0.29) is 12.3 Å². The fourth-order valence-electron chi connectivity index (χ4n) is 1.26. The number of carbonyl (C=O) groups is 1. The minimum atomic E-state index is -4.44. The van der Waals surface area contributed by atoms with Gasteiger partial charge in [-0.1, -0.05) is 20.3 Å². The summed E-state index contributed by atoms with van der Waals surface area (Å²) in [6.45, 7) is 5.85. The number of hydrogen-bond donors (Lipinski definition) is 0. The van der Waals surface area contributed by atoms with Gasteiger partial charge >= 0.3 is 6.18 Å². The maximum Gasteiger partial charge on any atom is 0.401 e. The van der Waals surface area contributed by atoms with E-state index in [1.54, 1.807) is 0 Å². The van der Waals surface area contributed by atoms with Crippen LogP contribution >= 0.6 is 0 Å². The molecular formula is C11H19F3O. The number of hydrogen-bond acceptors (Lipinski definition) is 1. The second-order valence-corrected chi connectivity index (χ2v) is 4.44. The third kappa shape index (κ3) is 3.50. The second-order valence-electron chi connectivity index (χ2n) is 4.44. The zero-order valence-electron chi connectivity index (χ0n) is 9.74. The molecule has 2 atom stereocenters. The topological polar surface area (TPSA) is 17.1 Å². The van der Waals surface area contributed by atoms with Crippen LogP contribution in [0, 0.1) is 11.3 Å².